The minimum Gasteiger partial charge on any atom is -0.307 e. The smallest absolute Gasteiger partial charge is 0.182 e. The summed E-state index contributed by atoms with van der Waals surface area (Å²) >= 11 is 0. The van der Waals surface area contributed by atoms with Crippen LogP contribution in [0.4, 0.5) is 0 Å². The molecule has 0 aliphatic heterocycles. The Morgan fingerprint density at radius 2 is 2.33 bits per heavy atom. The first-order chi connectivity index (χ1) is 7.11. The molecule has 0 saturated heterocycles. The lowest BCUT2D eigenvalue weighted by Crippen LogP contribution is -2.31. The lowest BCUT2D eigenvalue weighted by molar-refractivity contribution is -0.117. The van der Waals surface area contributed by atoms with Gasteiger partial charge in [-0.25, -0.2) is 0 Å². The molecule has 0 aromatic carbocycles. The number of hydrogen-bond donors (Lipinski definition) is 1. The van der Waals surface area contributed by atoms with Crippen molar-refractivity contribution in [2.45, 2.75) is 32.7 Å². The Morgan fingerprint density at radius 1 is 1.60 bits per heavy atom. The molecule has 0 amide bonds. The molecule has 0 spiro atoms. The molecule has 0 radical (unpaired) electrons. The van der Waals surface area contributed by atoms with Gasteiger partial charge in [0.05, 0.1) is 20.0 Å². The highest BCUT2D eigenvalue weighted by Crippen LogP contribution is 1.91. The van der Waals surface area contributed by atoms with Crippen LogP contribution < -0.4 is 5.32 Å². The number of nitrogens with zero attached hydrogens (tertiary/aromatic N) is 4. The average molecular weight is 211 g/mol. The van der Waals surface area contributed by atoms with Gasteiger partial charge in [-0.05, 0) is 18.6 Å². The minimum absolute atomic E-state index is 0.0864. The number of aryl methyl sites for hydroxylation is 1. The van der Waals surface area contributed by atoms with E-state index in [2.05, 4.69) is 27.7 Å². The highest BCUT2D eigenvalue weighted by molar-refractivity contribution is 5.82. The van der Waals surface area contributed by atoms with Crippen LogP contribution in [0, 0.1) is 0 Å². The second-order valence-corrected chi connectivity index (χ2v) is 3.60. The standard InChI is InChI=1S/C9H17N5O/c1-4-7(2)10-6-8(15)5-9-11-13-14(3)12-9/h7,10H,4-6H2,1-3H3. The Kier molecular flexibility index (Phi) is 4.36. The van der Waals surface area contributed by atoms with Gasteiger partial charge in [0.2, 0.25) is 0 Å². The van der Waals surface area contributed by atoms with Crippen molar-refractivity contribution < 1.29 is 4.79 Å². The molecule has 0 aliphatic carbocycles. The molecule has 15 heavy (non-hydrogen) atoms. The summed E-state index contributed by atoms with van der Waals surface area (Å²) < 4.78 is 0. The van der Waals surface area contributed by atoms with E-state index in [1.54, 1.807) is 7.05 Å². The molecule has 6 heteroatoms. The zero-order valence-electron chi connectivity index (χ0n) is 9.40. The van der Waals surface area contributed by atoms with E-state index >= 15 is 0 Å². The van der Waals surface area contributed by atoms with E-state index in [1.165, 1.54) is 4.80 Å². The zero-order chi connectivity index (χ0) is 11.3. The maximum absolute atomic E-state index is 11.5. The fourth-order valence-electron chi connectivity index (χ4n) is 1.07. The lowest BCUT2D eigenvalue weighted by atomic mass is 10.2. The number of nitrogens with one attached hydrogen (secondary N) is 1. The first-order valence-corrected chi connectivity index (χ1v) is 5.09. The molecule has 6 nitrogen and oxygen atoms in total. The molecular weight excluding hydrogens is 194 g/mol. The van der Waals surface area contributed by atoms with Gasteiger partial charge in [-0.3, -0.25) is 4.79 Å². The summed E-state index contributed by atoms with van der Waals surface area (Å²) in [4.78, 5) is 12.8. The molecule has 1 heterocycles. The maximum atomic E-state index is 11.5. The third-order valence-electron chi connectivity index (χ3n) is 2.17. The van der Waals surface area contributed by atoms with Gasteiger partial charge in [-0.2, -0.15) is 4.80 Å². The highest BCUT2D eigenvalue weighted by Gasteiger charge is 2.09. The van der Waals surface area contributed by atoms with Gasteiger partial charge in [0.1, 0.15) is 0 Å². The Bertz CT molecular complexity index is 322. The molecule has 1 rings (SSSR count). The molecule has 0 fully saturated rings. The summed E-state index contributed by atoms with van der Waals surface area (Å²) in [5.41, 5.74) is 0. The number of hydrogen-bond acceptors (Lipinski definition) is 5. The lowest BCUT2D eigenvalue weighted by Gasteiger charge is -2.09. The summed E-state index contributed by atoms with van der Waals surface area (Å²) in [5.74, 6) is 0.566. The first kappa shape index (κ1) is 11.8. The normalized spacial score (nSPS) is 12.7. The third-order valence-corrected chi connectivity index (χ3v) is 2.17. The molecular formula is C9H17N5O. The number of ketones is 1. The van der Waals surface area contributed by atoms with Gasteiger partial charge in [0, 0.05) is 6.04 Å². The van der Waals surface area contributed by atoms with Crippen molar-refractivity contribution in [3.63, 3.8) is 0 Å². The minimum atomic E-state index is 0.0864. The molecule has 1 aromatic rings. The summed E-state index contributed by atoms with van der Waals surface area (Å²) in [6, 6.07) is 0.365. The average Bonchev–Trinajstić information content (AvgIpc) is 2.60. The summed E-state index contributed by atoms with van der Waals surface area (Å²) in [5, 5.41) is 14.5. The van der Waals surface area contributed by atoms with Crippen LogP contribution in [0.1, 0.15) is 26.1 Å². The van der Waals surface area contributed by atoms with Crippen molar-refractivity contribution in [2.75, 3.05) is 6.54 Å². The van der Waals surface area contributed by atoms with Crippen LogP contribution in [0.2, 0.25) is 0 Å². The number of tetrazole rings is 1. The zero-order valence-corrected chi connectivity index (χ0v) is 9.40. The molecule has 1 unspecified atom stereocenters. The molecule has 0 aliphatic rings. The highest BCUT2D eigenvalue weighted by atomic mass is 16.1. The second-order valence-electron chi connectivity index (χ2n) is 3.60. The number of carbonyl (C=O) groups is 1. The van der Waals surface area contributed by atoms with E-state index in [4.69, 9.17) is 0 Å². The van der Waals surface area contributed by atoms with Gasteiger partial charge in [0.25, 0.3) is 0 Å². The van der Waals surface area contributed by atoms with Crippen molar-refractivity contribution in [3.8, 4) is 0 Å². The Hall–Kier alpha value is -1.30. The van der Waals surface area contributed by atoms with Gasteiger partial charge >= 0.3 is 0 Å². The third kappa shape index (κ3) is 4.16. The van der Waals surface area contributed by atoms with Crippen LogP contribution in [-0.2, 0) is 18.3 Å². The summed E-state index contributed by atoms with van der Waals surface area (Å²) in [6.07, 6.45) is 1.26. The van der Waals surface area contributed by atoms with E-state index in [-0.39, 0.29) is 12.2 Å². The van der Waals surface area contributed by atoms with Crippen molar-refractivity contribution in [2.24, 2.45) is 7.05 Å². The predicted molar refractivity (Wildman–Crippen MR) is 55.3 cm³/mol. The largest absolute Gasteiger partial charge is 0.307 e. The molecule has 1 aromatic heterocycles. The Morgan fingerprint density at radius 3 is 2.87 bits per heavy atom. The maximum Gasteiger partial charge on any atom is 0.182 e. The van der Waals surface area contributed by atoms with E-state index in [9.17, 15) is 4.79 Å². The van der Waals surface area contributed by atoms with Crippen molar-refractivity contribution in [3.05, 3.63) is 5.82 Å². The first-order valence-electron chi connectivity index (χ1n) is 5.09. The second kappa shape index (κ2) is 5.55. The van der Waals surface area contributed by atoms with E-state index < -0.39 is 0 Å². The number of rotatable bonds is 6. The quantitative estimate of drug-likeness (QED) is 0.700. The fourth-order valence-corrected chi connectivity index (χ4v) is 1.07. The number of aromatic nitrogens is 4. The molecule has 1 atom stereocenters. The van der Waals surface area contributed by atoms with Crippen LogP contribution in [0.25, 0.3) is 0 Å². The summed E-state index contributed by atoms with van der Waals surface area (Å²) in [7, 11) is 1.68. The topological polar surface area (TPSA) is 72.7 Å². The molecule has 0 saturated carbocycles. The molecule has 0 bridgehead atoms. The van der Waals surface area contributed by atoms with Gasteiger partial charge in [0.15, 0.2) is 11.6 Å². The predicted octanol–water partition coefficient (Wildman–Crippen LogP) is -0.290. The monoisotopic (exact) mass is 211 g/mol. The van der Waals surface area contributed by atoms with Crippen LogP contribution >= 0.6 is 0 Å². The van der Waals surface area contributed by atoms with Gasteiger partial charge in [-0.15, -0.1) is 10.2 Å². The van der Waals surface area contributed by atoms with E-state index in [0.29, 0.717) is 18.4 Å². The molecule has 1 N–H and O–H groups in total. The van der Waals surface area contributed by atoms with Gasteiger partial charge < -0.3 is 5.32 Å². The number of carbonyl (C=O) groups excluding carboxylic acids is 1. The van der Waals surface area contributed by atoms with Crippen LogP contribution in [0.3, 0.4) is 0 Å². The van der Waals surface area contributed by atoms with Crippen LogP contribution in [-0.4, -0.2) is 38.6 Å². The fraction of sp³-hybridized carbons (Fsp3) is 0.778. The Balaban J connectivity index is 2.30. The van der Waals surface area contributed by atoms with E-state index in [1.807, 2.05) is 6.92 Å². The van der Waals surface area contributed by atoms with Crippen molar-refractivity contribution >= 4 is 5.78 Å². The summed E-state index contributed by atoms with van der Waals surface area (Å²) in [6.45, 7) is 4.49. The molecule has 84 valence electrons. The van der Waals surface area contributed by atoms with Crippen LogP contribution in [0.5, 0.6) is 0 Å². The van der Waals surface area contributed by atoms with Crippen LogP contribution in [0.15, 0.2) is 0 Å². The van der Waals surface area contributed by atoms with Crippen molar-refractivity contribution in [1.29, 1.82) is 0 Å². The van der Waals surface area contributed by atoms with Gasteiger partial charge in [-0.1, -0.05) is 6.92 Å². The Labute approximate surface area is 89.0 Å². The van der Waals surface area contributed by atoms with E-state index in [0.717, 1.165) is 6.42 Å². The SMILES string of the molecule is CCC(C)NCC(=O)Cc1nnn(C)n1. The van der Waals surface area contributed by atoms with Crippen molar-refractivity contribution in [1.82, 2.24) is 25.5 Å². The number of Topliss-reactive ketones (excluding diaryl/α,β-unsaturated/α-hetero) is 1.